The average Bonchev–Trinajstić information content (AvgIpc) is 2.94. The summed E-state index contributed by atoms with van der Waals surface area (Å²) in [5.41, 5.74) is 1.86. The minimum absolute atomic E-state index is 0.284. The molecule has 0 fully saturated rings. The molecule has 0 atom stereocenters. The van der Waals surface area contributed by atoms with Gasteiger partial charge in [-0.3, -0.25) is 0 Å². The first kappa shape index (κ1) is 20.1. The number of hydrogen-bond donors (Lipinski definition) is 0. The van der Waals surface area contributed by atoms with Gasteiger partial charge in [-0.05, 0) is 71.0 Å². The summed E-state index contributed by atoms with van der Waals surface area (Å²) in [6.45, 7) is 9.92. The van der Waals surface area contributed by atoms with Crippen molar-refractivity contribution < 1.29 is 13.9 Å². The lowest BCUT2D eigenvalue weighted by molar-refractivity contribution is 0.0704. The number of carbonyl (C=O) groups is 1. The molecule has 0 N–H and O–H groups in total. The Balaban J connectivity index is 2.00. The van der Waals surface area contributed by atoms with Gasteiger partial charge < -0.3 is 4.74 Å². The summed E-state index contributed by atoms with van der Waals surface area (Å²) in [4.78, 5) is 14.5. The number of aromatic nitrogens is 2. The predicted molar refractivity (Wildman–Crippen MR) is 109 cm³/mol. The maximum absolute atomic E-state index is 13.2. The number of carbonyl (C=O) groups excluding carboxylic acids is 1. The van der Waals surface area contributed by atoms with Gasteiger partial charge in [-0.2, -0.15) is 5.10 Å². The first-order valence-electron chi connectivity index (χ1n) is 8.97. The molecule has 0 spiro atoms. The van der Waals surface area contributed by atoms with E-state index in [1.165, 1.54) is 41.6 Å². The van der Waals surface area contributed by atoms with Crippen LogP contribution in [0.25, 0.3) is 0 Å². The third-order valence-corrected chi connectivity index (χ3v) is 5.29. The standard InChI is InChI=1S/C22H23FN2O2S/c1-14-6-12-18(13-7-14)28-19-15(2)24-25(22(3,4)5)20(19)27-21(26)16-8-10-17(23)11-9-16/h6-13H,1-5H3. The molecule has 0 radical (unpaired) electrons. The highest BCUT2D eigenvalue weighted by Crippen LogP contribution is 2.40. The highest BCUT2D eigenvalue weighted by Gasteiger charge is 2.27. The van der Waals surface area contributed by atoms with E-state index >= 15 is 0 Å². The number of ether oxygens (including phenoxy) is 1. The van der Waals surface area contributed by atoms with Crippen LogP contribution in [-0.2, 0) is 5.54 Å². The van der Waals surface area contributed by atoms with Gasteiger partial charge in [0, 0.05) is 4.90 Å². The quantitative estimate of drug-likeness (QED) is 0.524. The molecule has 0 unspecified atom stereocenters. The van der Waals surface area contributed by atoms with E-state index in [0.717, 1.165) is 15.5 Å². The minimum Gasteiger partial charge on any atom is -0.403 e. The number of benzene rings is 2. The van der Waals surface area contributed by atoms with Crippen LogP contribution in [-0.4, -0.2) is 15.7 Å². The number of aryl methyl sites for hydroxylation is 2. The molecule has 6 heteroatoms. The molecular formula is C22H23FN2O2S. The lowest BCUT2D eigenvalue weighted by atomic mass is 10.1. The third kappa shape index (κ3) is 4.44. The van der Waals surface area contributed by atoms with Crippen LogP contribution in [0, 0.1) is 19.7 Å². The molecule has 1 heterocycles. The Morgan fingerprint density at radius 2 is 1.64 bits per heavy atom. The van der Waals surface area contributed by atoms with Crippen molar-refractivity contribution in [3.8, 4) is 5.88 Å². The smallest absolute Gasteiger partial charge is 0.344 e. The van der Waals surface area contributed by atoms with Crippen molar-refractivity contribution in [3.05, 3.63) is 71.2 Å². The fourth-order valence-corrected chi connectivity index (χ4v) is 3.52. The van der Waals surface area contributed by atoms with Gasteiger partial charge >= 0.3 is 5.97 Å². The molecule has 0 aliphatic heterocycles. The van der Waals surface area contributed by atoms with Crippen molar-refractivity contribution in [2.24, 2.45) is 0 Å². The van der Waals surface area contributed by atoms with Gasteiger partial charge in [0.2, 0.25) is 5.88 Å². The largest absolute Gasteiger partial charge is 0.403 e. The Morgan fingerprint density at radius 3 is 2.21 bits per heavy atom. The fraction of sp³-hybridized carbons (Fsp3) is 0.273. The summed E-state index contributed by atoms with van der Waals surface area (Å²) in [6.07, 6.45) is 0. The van der Waals surface area contributed by atoms with Crippen molar-refractivity contribution in [3.63, 3.8) is 0 Å². The third-order valence-electron chi connectivity index (χ3n) is 4.11. The van der Waals surface area contributed by atoms with E-state index < -0.39 is 11.8 Å². The molecule has 3 aromatic rings. The lowest BCUT2D eigenvalue weighted by Gasteiger charge is -2.22. The summed E-state index contributed by atoms with van der Waals surface area (Å²) >= 11 is 1.51. The van der Waals surface area contributed by atoms with Gasteiger partial charge in [0.05, 0.1) is 21.7 Å². The molecule has 2 aromatic carbocycles. The maximum Gasteiger partial charge on any atom is 0.344 e. The van der Waals surface area contributed by atoms with Gasteiger partial charge in [0.25, 0.3) is 0 Å². The summed E-state index contributed by atoms with van der Waals surface area (Å²) in [5, 5.41) is 4.62. The van der Waals surface area contributed by atoms with E-state index in [2.05, 4.69) is 5.10 Å². The number of esters is 1. The molecule has 0 saturated heterocycles. The first-order valence-corrected chi connectivity index (χ1v) is 9.79. The van der Waals surface area contributed by atoms with Crippen LogP contribution in [0.4, 0.5) is 4.39 Å². The molecule has 0 bridgehead atoms. The van der Waals surface area contributed by atoms with Crippen LogP contribution in [0.15, 0.2) is 58.3 Å². The fourth-order valence-electron chi connectivity index (χ4n) is 2.61. The Hall–Kier alpha value is -2.60. The Morgan fingerprint density at radius 1 is 1.04 bits per heavy atom. The van der Waals surface area contributed by atoms with E-state index in [1.807, 2.05) is 58.9 Å². The maximum atomic E-state index is 13.2. The molecule has 0 saturated carbocycles. The van der Waals surface area contributed by atoms with Crippen molar-refractivity contribution >= 4 is 17.7 Å². The van der Waals surface area contributed by atoms with Crippen molar-refractivity contribution in [2.75, 3.05) is 0 Å². The number of rotatable bonds is 4. The zero-order valence-electron chi connectivity index (χ0n) is 16.6. The van der Waals surface area contributed by atoms with Gasteiger partial charge in [-0.25, -0.2) is 13.9 Å². The molecular weight excluding hydrogens is 375 g/mol. The van der Waals surface area contributed by atoms with Gasteiger partial charge in [-0.15, -0.1) is 0 Å². The van der Waals surface area contributed by atoms with Crippen LogP contribution in [0.5, 0.6) is 5.88 Å². The molecule has 3 rings (SSSR count). The Labute approximate surface area is 168 Å². The second-order valence-corrected chi connectivity index (χ2v) is 8.70. The molecule has 4 nitrogen and oxygen atoms in total. The zero-order valence-corrected chi connectivity index (χ0v) is 17.4. The summed E-state index contributed by atoms with van der Waals surface area (Å²) in [7, 11) is 0. The van der Waals surface area contributed by atoms with Crippen molar-refractivity contribution in [2.45, 2.75) is 49.9 Å². The SMILES string of the molecule is Cc1ccc(Sc2c(C)nn(C(C)(C)C)c2OC(=O)c2ccc(F)cc2)cc1. The number of halogens is 1. The molecule has 0 aliphatic rings. The second kappa shape index (κ2) is 7.80. The monoisotopic (exact) mass is 398 g/mol. The van der Waals surface area contributed by atoms with Crippen molar-refractivity contribution in [1.82, 2.24) is 9.78 Å². The van der Waals surface area contributed by atoms with Crippen LogP contribution in [0.2, 0.25) is 0 Å². The molecule has 146 valence electrons. The summed E-state index contributed by atoms with van der Waals surface area (Å²) < 4.78 is 20.7. The van der Waals surface area contributed by atoms with Gasteiger partial charge in [-0.1, -0.05) is 29.5 Å². The van der Waals surface area contributed by atoms with Crippen LogP contribution in [0.1, 0.15) is 42.4 Å². The molecule has 0 amide bonds. The Bertz CT molecular complexity index is 987. The van der Waals surface area contributed by atoms with Crippen LogP contribution in [0.3, 0.4) is 0 Å². The zero-order chi connectivity index (χ0) is 20.5. The number of hydrogen-bond acceptors (Lipinski definition) is 4. The highest BCUT2D eigenvalue weighted by molar-refractivity contribution is 7.99. The summed E-state index contributed by atoms with van der Waals surface area (Å²) in [5.74, 6) is -0.552. The average molecular weight is 399 g/mol. The van der Waals surface area contributed by atoms with Crippen molar-refractivity contribution in [1.29, 1.82) is 0 Å². The van der Waals surface area contributed by atoms with E-state index in [0.29, 0.717) is 5.88 Å². The molecule has 0 aliphatic carbocycles. The van der Waals surface area contributed by atoms with E-state index in [9.17, 15) is 9.18 Å². The lowest BCUT2D eigenvalue weighted by Crippen LogP contribution is -2.25. The summed E-state index contributed by atoms with van der Waals surface area (Å²) in [6, 6.07) is 13.4. The van der Waals surface area contributed by atoms with Crippen LogP contribution >= 0.6 is 11.8 Å². The highest BCUT2D eigenvalue weighted by atomic mass is 32.2. The second-order valence-electron chi connectivity index (χ2n) is 7.61. The normalized spacial score (nSPS) is 11.5. The minimum atomic E-state index is -0.545. The first-order chi connectivity index (χ1) is 13.1. The molecule has 1 aromatic heterocycles. The van der Waals surface area contributed by atoms with Crippen LogP contribution < -0.4 is 4.74 Å². The van der Waals surface area contributed by atoms with E-state index in [1.54, 1.807) is 4.68 Å². The van der Waals surface area contributed by atoms with Gasteiger partial charge in [0.1, 0.15) is 5.82 Å². The van der Waals surface area contributed by atoms with Gasteiger partial charge in [0.15, 0.2) is 0 Å². The molecule has 28 heavy (non-hydrogen) atoms. The predicted octanol–water partition coefficient (Wildman–Crippen LogP) is 5.76. The van der Waals surface area contributed by atoms with E-state index in [4.69, 9.17) is 4.74 Å². The topological polar surface area (TPSA) is 44.1 Å². The van der Waals surface area contributed by atoms with E-state index in [-0.39, 0.29) is 11.1 Å². The number of nitrogens with zero attached hydrogens (tertiary/aromatic N) is 2. The Kier molecular flexibility index (Phi) is 5.61.